The van der Waals surface area contributed by atoms with E-state index >= 15 is 0 Å². The van der Waals surface area contributed by atoms with E-state index in [0.717, 1.165) is 12.1 Å². The summed E-state index contributed by atoms with van der Waals surface area (Å²) < 4.78 is 56.9. The molecule has 1 fully saturated rings. The van der Waals surface area contributed by atoms with E-state index in [4.69, 9.17) is 14.2 Å². The smallest absolute Gasteiger partial charge is 0.278 e. The summed E-state index contributed by atoms with van der Waals surface area (Å²) in [5.41, 5.74) is 0. The van der Waals surface area contributed by atoms with Gasteiger partial charge < -0.3 is 14.2 Å². The number of halogens is 1. The predicted octanol–water partition coefficient (Wildman–Crippen LogP) is 1.86. The van der Waals surface area contributed by atoms with E-state index in [0.29, 0.717) is 19.4 Å². The van der Waals surface area contributed by atoms with Crippen molar-refractivity contribution in [3.8, 4) is 17.5 Å². The molecule has 3 rings (SSSR count). The van der Waals surface area contributed by atoms with Crippen molar-refractivity contribution in [1.29, 1.82) is 0 Å². The van der Waals surface area contributed by atoms with Crippen LogP contribution in [0.4, 0.5) is 4.39 Å². The predicted molar refractivity (Wildman–Crippen MR) is 93.9 cm³/mol. The SMILES string of the molecule is COc1ccc(F)cc1S(=O)(=O)N1CCCC(Oc2nccnc2OC)C1. The first kappa shape index (κ1) is 19.3. The lowest BCUT2D eigenvalue weighted by Gasteiger charge is -2.32. The van der Waals surface area contributed by atoms with Crippen LogP contribution in [0.3, 0.4) is 0 Å². The molecule has 0 N–H and O–H groups in total. The largest absolute Gasteiger partial charge is 0.495 e. The fourth-order valence-corrected chi connectivity index (χ4v) is 4.58. The molecule has 0 saturated carbocycles. The van der Waals surface area contributed by atoms with Crippen molar-refractivity contribution in [3.05, 3.63) is 36.4 Å². The standard InChI is InChI=1S/C17H20FN3O5S/c1-24-14-6-5-12(18)10-15(14)27(22,23)21-9-3-4-13(11-21)26-17-16(25-2)19-7-8-20-17/h5-8,10,13H,3-4,9,11H2,1-2H3. The van der Waals surface area contributed by atoms with Crippen molar-refractivity contribution in [2.45, 2.75) is 23.8 Å². The lowest BCUT2D eigenvalue weighted by Crippen LogP contribution is -2.44. The summed E-state index contributed by atoms with van der Waals surface area (Å²) in [5.74, 6) is -0.129. The molecule has 0 amide bonds. The highest BCUT2D eigenvalue weighted by molar-refractivity contribution is 7.89. The van der Waals surface area contributed by atoms with Crippen molar-refractivity contribution in [1.82, 2.24) is 14.3 Å². The molecule has 1 saturated heterocycles. The Bertz CT molecular complexity index is 909. The maximum atomic E-state index is 13.6. The van der Waals surface area contributed by atoms with Crippen LogP contribution < -0.4 is 14.2 Å². The zero-order valence-corrected chi connectivity index (χ0v) is 15.8. The maximum Gasteiger partial charge on any atom is 0.278 e. The highest BCUT2D eigenvalue weighted by Crippen LogP contribution is 2.30. The van der Waals surface area contributed by atoms with Gasteiger partial charge in [0.05, 0.1) is 20.8 Å². The summed E-state index contributed by atoms with van der Waals surface area (Å²) in [6.07, 6.45) is 3.74. The number of aromatic nitrogens is 2. The fourth-order valence-electron chi connectivity index (χ4n) is 2.90. The minimum Gasteiger partial charge on any atom is -0.495 e. The second-order valence-corrected chi connectivity index (χ2v) is 7.82. The van der Waals surface area contributed by atoms with E-state index in [1.54, 1.807) is 0 Å². The van der Waals surface area contributed by atoms with Gasteiger partial charge >= 0.3 is 0 Å². The van der Waals surface area contributed by atoms with Crippen LogP contribution in [-0.2, 0) is 10.0 Å². The first-order valence-corrected chi connectivity index (χ1v) is 9.75. The maximum absolute atomic E-state index is 13.6. The molecule has 1 aromatic carbocycles. The Morgan fingerprint density at radius 3 is 2.59 bits per heavy atom. The van der Waals surface area contributed by atoms with Crippen LogP contribution >= 0.6 is 0 Å². The molecular weight excluding hydrogens is 377 g/mol. The van der Waals surface area contributed by atoms with Crippen LogP contribution in [-0.4, -0.2) is 56.1 Å². The summed E-state index contributed by atoms with van der Waals surface area (Å²) in [6, 6.07) is 3.41. The number of ether oxygens (including phenoxy) is 3. The van der Waals surface area contributed by atoms with Crippen LogP contribution in [0.15, 0.2) is 35.5 Å². The molecule has 0 spiro atoms. The number of hydrogen-bond acceptors (Lipinski definition) is 7. The van der Waals surface area contributed by atoms with Crippen molar-refractivity contribution in [3.63, 3.8) is 0 Å². The summed E-state index contributed by atoms with van der Waals surface area (Å²) in [7, 11) is -1.16. The van der Waals surface area contributed by atoms with Gasteiger partial charge in [-0.25, -0.2) is 22.8 Å². The molecule has 1 atom stereocenters. The molecule has 27 heavy (non-hydrogen) atoms. The van der Waals surface area contributed by atoms with Gasteiger partial charge in [-0.3, -0.25) is 0 Å². The number of methoxy groups -OCH3 is 2. The van der Waals surface area contributed by atoms with Crippen molar-refractivity contribution >= 4 is 10.0 Å². The highest BCUT2D eigenvalue weighted by Gasteiger charge is 2.34. The number of benzene rings is 1. The minimum absolute atomic E-state index is 0.0926. The Morgan fingerprint density at radius 1 is 1.15 bits per heavy atom. The normalized spacial score (nSPS) is 18.1. The number of nitrogens with zero attached hydrogens (tertiary/aromatic N) is 3. The number of piperidine rings is 1. The Morgan fingerprint density at radius 2 is 1.89 bits per heavy atom. The summed E-state index contributed by atoms with van der Waals surface area (Å²) in [4.78, 5) is 7.89. The third-order valence-electron chi connectivity index (χ3n) is 4.19. The van der Waals surface area contributed by atoms with Gasteiger partial charge in [0.2, 0.25) is 10.0 Å². The van der Waals surface area contributed by atoms with Crippen molar-refractivity contribution in [2.24, 2.45) is 0 Å². The molecule has 2 heterocycles. The zero-order valence-electron chi connectivity index (χ0n) is 15.0. The lowest BCUT2D eigenvalue weighted by molar-refractivity contribution is 0.119. The molecular formula is C17H20FN3O5S. The van der Waals surface area contributed by atoms with Gasteiger partial charge in [0, 0.05) is 18.9 Å². The van der Waals surface area contributed by atoms with Crippen LogP contribution in [0.1, 0.15) is 12.8 Å². The number of hydrogen-bond donors (Lipinski definition) is 0. The van der Waals surface area contributed by atoms with E-state index in [2.05, 4.69) is 9.97 Å². The molecule has 10 heteroatoms. The average Bonchev–Trinajstić information content (AvgIpc) is 2.68. The van der Waals surface area contributed by atoms with Gasteiger partial charge in [0.1, 0.15) is 22.6 Å². The third kappa shape index (κ3) is 4.11. The monoisotopic (exact) mass is 397 g/mol. The highest BCUT2D eigenvalue weighted by atomic mass is 32.2. The quantitative estimate of drug-likeness (QED) is 0.735. The molecule has 146 valence electrons. The average molecular weight is 397 g/mol. The van der Waals surface area contributed by atoms with Crippen molar-refractivity contribution < 1.29 is 27.0 Å². The fraction of sp³-hybridized carbons (Fsp3) is 0.412. The van der Waals surface area contributed by atoms with Gasteiger partial charge in [-0.1, -0.05) is 0 Å². The molecule has 0 aliphatic carbocycles. The minimum atomic E-state index is -3.95. The van der Waals surface area contributed by atoms with Gasteiger partial charge in [0.25, 0.3) is 11.8 Å². The van der Waals surface area contributed by atoms with Crippen molar-refractivity contribution in [2.75, 3.05) is 27.3 Å². The Hall–Kier alpha value is -2.46. The Balaban J connectivity index is 1.82. The number of rotatable bonds is 6. The summed E-state index contributed by atoms with van der Waals surface area (Å²) in [6.45, 7) is 0.404. The Labute approximate surface area is 157 Å². The first-order valence-electron chi connectivity index (χ1n) is 8.31. The topological polar surface area (TPSA) is 90.9 Å². The van der Waals surface area contributed by atoms with Crippen LogP contribution in [0.5, 0.6) is 17.5 Å². The van der Waals surface area contributed by atoms with Crippen LogP contribution in [0.2, 0.25) is 0 Å². The van der Waals surface area contributed by atoms with E-state index in [9.17, 15) is 12.8 Å². The second-order valence-electron chi connectivity index (χ2n) is 5.91. The molecule has 1 aromatic heterocycles. The van der Waals surface area contributed by atoms with E-state index in [-0.39, 0.29) is 28.9 Å². The summed E-state index contributed by atoms with van der Waals surface area (Å²) in [5, 5.41) is 0. The lowest BCUT2D eigenvalue weighted by atomic mass is 10.1. The molecule has 8 nitrogen and oxygen atoms in total. The van der Waals surface area contributed by atoms with Gasteiger partial charge in [0.15, 0.2) is 0 Å². The van der Waals surface area contributed by atoms with Crippen LogP contribution in [0.25, 0.3) is 0 Å². The zero-order chi connectivity index (χ0) is 19.4. The molecule has 0 bridgehead atoms. The first-order chi connectivity index (χ1) is 13.0. The molecule has 1 aliphatic heterocycles. The van der Waals surface area contributed by atoms with Gasteiger partial charge in [-0.05, 0) is 31.0 Å². The second kappa shape index (κ2) is 8.05. The summed E-state index contributed by atoms with van der Waals surface area (Å²) >= 11 is 0. The third-order valence-corrected chi connectivity index (χ3v) is 6.08. The van der Waals surface area contributed by atoms with Gasteiger partial charge in [-0.15, -0.1) is 0 Å². The number of sulfonamides is 1. The van der Waals surface area contributed by atoms with E-state index in [1.807, 2.05) is 0 Å². The molecule has 0 radical (unpaired) electrons. The van der Waals surface area contributed by atoms with E-state index < -0.39 is 21.9 Å². The molecule has 1 aliphatic rings. The Kier molecular flexibility index (Phi) is 5.76. The molecule has 1 unspecified atom stereocenters. The van der Waals surface area contributed by atoms with Crippen LogP contribution in [0, 0.1) is 5.82 Å². The molecule has 2 aromatic rings. The van der Waals surface area contributed by atoms with Gasteiger partial charge in [-0.2, -0.15) is 4.31 Å². The van der Waals surface area contributed by atoms with E-state index in [1.165, 1.54) is 37.0 Å².